The van der Waals surface area contributed by atoms with Gasteiger partial charge in [0.1, 0.15) is 17.3 Å². The summed E-state index contributed by atoms with van der Waals surface area (Å²) in [6, 6.07) is 3.57. The Labute approximate surface area is 90.1 Å². The van der Waals surface area contributed by atoms with Crippen molar-refractivity contribution in [2.45, 2.75) is 0 Å². The van der Waals surface area contributed by atoms with Crippen LogP contribution < -0.4 is 11.3 Å². The molecule has 0 saturated carbocycles. The Morgan fingerprint density at radius 1 is 1.06 bits per heavy atom. The Bertz CT molecular complexity index is 496. The Kier molecular flexibility index (Phi) is 2.74. The SMILES string of the molecule is NNc1nccnc1-c1c(F)cccc1F. The molecule has 16 heavy (non-hydrogen) atoms. The number of rotatable bonds is 2. The molecule has 2 rings (SSSR count). The van der Waals surface area contributed by atoms with E-state index >= 15 is 0 Å². The molecule has 0 spiro atoms. The predicted molar refractivity (Wildman–Crippen MR) is 55.2 cm³/mol. The van der Waals surface area contributed by atoms with Crippen molar-refractivity contribution >= 4 is 5.82 Å². The fourth-order valence-electron chi connectivity index (χ4n) is 1.35. The number of halogens is 2. The summed E-state index contributed by atoms with van der Waals surface area (Å²) in [6.07, 6.45) is 2.71. The van der Waals surface area contributed by atoms with Gasteiger partial charge in [0, 0.05) is 12.4 Å². The number of hydrogen-bond donors (Lipinski definition) is 2. The van der Waals surface area contributed by atoms with Crippen LogP contribution in [0, 0.1) is 11.6 Å². The fourth-order valence-corrected chi connectivity index (χ4v) is 1.35. The summed E-state index contributed by atoms with van der Waals surface area (Å²) >= 11 is 0. The second-order valence-electron chi connectivity index (χ2n) is 2.99. The molecule has 2 aromatic rings. The zero-order valence-electron chi connectivity index (χ0n) is 8.11. The first kappa shape index (κ1) is 10.4. The van der Waals surface area contributed by atoms with Gasteiger partial charge in [-0.25, -0.2) is 19.6 Å². The fraction of sp³-hybridized carbons (Fsp3) is 0. The van der Waals surface area contributed by atoms with Crippen molar-refractivity contribution in [2.75, 3.05) is 5.43 Å². The number of nitrogens with two attached hydrogens (primary N) is 1. The van der Waals surface area contributed by atoms with Crippen LogP contribution in [0.3, 0.4) is 0 Å². The summed E-state index contributed by atoms with van der Waals surface area (Å²) < 4.78 is 27.0. The molecule has 0 unspecified atom stereocenters. The number of nitrogens with zero attached hydrogens (tertiary/aromatic N) is 2. The molecule has 82 valence electrons. The first-order valence-corrected chi connectivity index (χ1v) is 4.46. The maximum absolute atomic E-state index is 13.5. The van der Waals surface area contributed by atoms with E-state index in [0.29, 0.717) is 0 Å². The van der Waals surface area contributed by atoms with Crippen LogP contribution in [-0.4, -0.2) is 9.97 Å². The van der Waals surface area contributed by atoms with E-state index in [0.717, 1.165) is 12.1 Å². The summed E-state index contributed by atoms with van der Waals surface area (Å²) in [7, 11) is 0. The van der Waals surface area contributed by atoms with Gasteiger partial charge in [-0.3, -0.25) is 4.98 Å². The van der Waals surface area contributed by atoms with Crippen LogP contribution in [0.15, 0.2) is 30.6 Å². The molecular formula is C10H8F2N4. The van der Waals surface area contributed by atoms with Gasteiger partial charge in [-0.15, -0.1) is 0 Å². The highest BCUT2D eigenvalue weighted by atomic mass is 19.1. The Hall–Kier alpha value is -2.08. The van der Waals surface area contributed by atoms with E-state index in [1.165, 1.54) is 18.5 Å². The van der Waals surface area contributed by atoms with Crippen LogP contribution in [-0.2, 0) is 0 Å². The number of hydrogen-bond acceptors (Lipinski definition) is 4. The zero-order valence-corrected chi connectivity index (χ0v) is 8.11. The van der Waals surface area contributed by atoms with E-state index in [4.69, 9.17) is 5.84 Å². The van der Waals surface area contributed by atoms with Crippen molar-refractivity contribution < 1.29 is 8.78 Å². The number of nitrogen functional groups attached to an aromatic ring is 1. The molecular weight excluding hydrogens is 214 g/mol. The van der Waals surface area contributed by atoms with Crippen molar-refractivity contribution in [1.82, 2.24) is 9.97 Å². The molecule has 0 fully saturated rings. The third-order valence-corrected chi connectivity index (χ3v) is 2.03. The van der Waals surface area contributed by atoms with Gasteiger partial charge in [0.15, 0.2) is 5.82 Å². The molecule has 0 radical (unpaired) electrons. The summed E-state index contributed by atoms with van der Waals surface area (Å²) in [4.78, 5) is 7.68. The van der Waals surface area contributed by atoms with Crippen molar-refractivity contribution in [3.8, 4) is 11.3 Å². The van der Waals surface area contributed by atoms with Crippen molar-refractivity contribution in [3.05, 3.63) is 42.2 Å². The lowest BCUT2D eigenvalue weighted by Crippen LogP contribution is -2.11. The van der Waals surface area contributed by atoms with E-state index in [1.54, 1.807) is 0 Å². The van der Waals surface area contributed by atoms with Crippen molar-refractivity contribution in [1.29, 1.82) is 0 Å². The Morgan fingerprint density at radius 2 is 1.69 bits per heavy atom. The third-order valence-electron chi connectivity index (χ3n) is 2.03. The van der Waals surface area contributed by atoms with Gasteiger partial charge in [-0.1, -0.05) is 6.07 Å². The van der Waals surface area contributed by atoms with E-state index in [-0.39, 0.29) is 17.1 Å². The average molecular weight is 222 g/mol. The van der Waals surface area contributed by atoms with Gasteiger partial charge in [0.05, 0.1) is 5.56 Å². The molecule has 0 amide bonds. The highest BCUT2D eigenvalue weighted by Crippen LogP contribution is 2.27. The van der Waals surface area contributed by atoms with Crippen LogP contribution >= 0.6 is 0 Å². The molecule has 4 nitrogen and oxygen atoms in total. The van der Waals surface area contributed by atoms with Crippen LogP contribution in [0.5, 0.6) is 0 Å². The first-order chi connectivity index (χ1) is 7.74. The van der Waals surface area contributed by atoms with Gasteiger partial charge in [-0.2, -0.15) is 0 Å². The van der Waals surface area contributed by atoms with Gasteiger partial charge in [0.2, 0.25) is 0 Å². The standard InChI is InChI=1S/C10H8F2N4/c11-6-2-1-3-7(12)8(6)9-10(16-13)15-5-4-14-9/h1-5H,13H2,(H,15,16). The normalized spacial score (nSPS) is 10.2. The number of hydrazine groups is 1. The van der Waals surface area contributed by atoms with Gasteiger partial charge < -0.3 is 5.43 Å². The molecule has 0 aliphatic rings. The lowest BCUT2D eigenvalue weighted by molar-refractivity contribution is 0.588. The summed E-state index contributed by atoms with van der Waals surface area (Å²) in [5.74, 6) is 3.89. The monoisotopic (exact) mass is 222 g/mol. The molecule has 1 aromatic heterocycles. The third kappa shape index (κ3) is 1.70. The maximum atomic E-state index is 13.5. The lowest BCUT2D eigenvalue weighted by Gasteiger charge is -2.07. The number of aromatic nitrogens is 2. The molecule has 0 atom stereocenters. The van der Waals surface area contributed by atoms with Crippen molar-refractivity contribution in [3.63, 3.8) is 0 Å². The Morgan fingerprint density at radius 3 is 2.31 bits per heavy atom. The molecule has 1 aromatic carbocycles. The Balaban J connectivity index is 2.67. The second-order valence-corrected chi connectivity index (χ2v) is 2.99. The number of nitrogens with one attached hydrogen (secondary N) is 1. The first-order valence-electron chi connectivity index (χ1n) is 4.46. The van der Waals surface area contributed by atoms with Crippen LogP contribution in [0.4, 0.5) is 14.6 Å². The molecule has 0 bridgehead atoms. The number of benzene rings is 1. The van der Waals surface area contributed by atoms with E-state index in [9.17, 15) is 8.78 Å². The minimum Gasteiger partial charge on any atom is -0.307 e. The molecule has 0 aliphatic heterocycles. The molecule has 0 aliphatic carbocycles. The summed E-state index contributed by atoms with van der Waals surface area (Å²) in [6.45, 7) is 0. The van der Waals surface area contributed by atoms with Crippen LogP contribution in [0.1, 0.15) is 0 Å². The van der Waals surface area contributed by atoms with E-state index < -0.39 is 11.6 Å². The van der Waals surface area contributed by atoms with Gasteiger partial charge in [0.25, 0.3) is 0 Å². The summed E-state index contributed by atoms with van der Waals surface area (Å²) in [5.41, 5.74) is 2.04. The largest absolute Gasteiger partial charge is 0.307 e. The van der Waals surface area contributed by atoms with Crippen molar-refractivity contribution in [2.24, 2.45) is 5.84 Å². The molecule has 3 N–H and O–H groups in total. The molecule has 1 heterocycles. The maximum Gasteiger partial charge on any atom is 0.166 e. The quantitative estimate of drug-likeness (QED) is 0.599. The summed E-state index contributed by atoms with van der Waals surface area (Å²) in [5, 5.41) is 0. The predicted octanol–water partition coefficient (Wildman–Crippen LogP) is 1.71. The zero-order chi connectivity index (χ0) is 11.5. The highest BCUT2D eigenvalue weighted by Gasteiger charge is 2.16. The average Bonchev–Trinajstić information content (AvgIpc) is 2.29. The minimum absolute atomic E-state index is 0.0422. The molecule has 0 saturated heterocycles. The number of anilines is 1. The van der Waals surface area contributed by atoms with Crippen LogP contribution in [0.2, 0.25) is 0 Å². The van der Waals surface area contributed by atoms with Gasteiger partial charge in [-0.05, 0) is 12.1 Å². The highest BCUT2D eigenvalue weighted by molar-refractivity contribution is 5.71. The van der Waals surface area contributed by atoms with Crippen LogP contribution in [0.25, 0.3) is 11.3 Å². The lowest BCUT2D eigenvalue weighted by atomic mass is 10.1. The smallest absolute Gasteiger partial charge is 0.166 e. The van der Waals surface area contributed by atoms with Gasteiger partial charge >= 0.3 is 0 Å². The second kappa shape index (κ2) is 4.19. The van der Waals surface area contributed by atoms with E-state index in [2.05, 4.69) is 15.4 Å². The van der Waals surface area contributed by atoms with E-state index in [1.807, 2.05) is 0 Å². The topological polar surface area (TPSA) is 63.8 Å². The molecule has 6 heteroatoms. The minimum atomic E-state index is -0.711.